The molecule has 0 atom stereocenters. The molecular weight excluding hydrogens is 307 g/mol. The lowest BCUT2D eigenvalue weighted by Gasteiger charge is -2.13. The van der Waals surface area contributed by atoms with Gasteiger partial charge in [-0.15, -0.1) is 11.8 Å². The number of benzene rings is 1. The number of carbonyl (C=O) groups is 2. The normalized spacial score (nSPS) is 15.2. The summed E-state index contributed by atoms with van der Waals surface area (Å²) in [4.78, 5) is 24.5. The topological polar surface area (TPSA) is 75.4 Å². The fraction of sp³-hybridized carbons (Fsp3) is 0.333. The Morgan fingerprint density at radius 3 is 2.67 bits per heavy atom. The number of imide groups is 1. The summed E-state index contributed by atoms with van der Waals surface area (Å²) in [5.74, 6) is -0.475. The standard InChI is InChI=1S/C12H12F3N3O2S/c13-12(14,15)7-1-2-9(8(16)5-7)21-6-10(19)18-4-3-17-11(18)20/h1-2,5H,3-4,6,16H2,(H,17,20). The fourth-order valence-corrected chi connectivity index (χ4v) is 2.61. The molecule has 0 unspecified atom stereocenters. The highest BCUT2D eigenvalue weighted by Gasteiger charge is 2.31. The lowest BCUT2D eigenvalue weighted by Crippen LogP contribution is -2.35. The van der Waals surface area contributed by atoms with E-state index in [9.17, 15) is 22.8 Å². The molecule has 1 aromatic rings. The molecule has 0 aromatic heterocycles. The molecule has 0 radical (unpaired) electrons. The quantitative estimate of drug-likeness (QED) is 0.659. The largest absolute Gasteiger partial charge is 0.416 e. The van der Waals surface area contributed by atoms with Crippen LogP contribution in [-0.4, -0.2) is 35.7 Å². The number of thioether (sulfide) groups is 1. The van der Waals surface area contributed by atoms with E-state index in [2.05, 4.69) is 5.32 Å². The second-order valence-electron chi connectivity index (χ2n) is 4.32. The molecule has 0 spiro atoms. The van der Waals surface area contributed by atoms with Crippen molar-refractivity contribution < 1.29 is 22.8 Å². The van der Waals surface area contributed by atoms with E-state index in [0.29, 0.717) is 18.0 Å². The molecule has 0 saturated carbocycles. The molecule has 1 heterocycles. The number of urea groups is 1. The molecule has 1 fully saturated rings. The van der Waals surface area contributed by atoms with Gasteiger partial charge in [-0.3, -0.25) is 9.69 Å². The van der Waals surface area contributed by atoms with Gasteiger partial charge in [-0.1, -0.05) is 0 Å². The van der Waals surface area contributed by atoms with E-state index in [-0.39, 0.29) is 11.4 Å². The molecule has 21 heavy (non-hydrogen) atoms. The number of rotatable bonds is 3. The Hall–Kier alpha value is -1.90. The van der Waals surface area contributed by atoms with Crippen molar-refractivity contribution in [2.75, 3.05) is 24.6 Å². The van der Waals surface area contributed by atoms with Crippen molar-refractivity contribution in [3.8, 4) is 0 Å². The van der Waals surface area contributed by atoms with Crippen LogP contribution < -0.4 is 11.1 Å². The summed E-state index contributed by atoms with van der Waals surface area (Å²) in [5.41, 5.74) is 4.67. The Kier molecular flexibility index (Phi) is 4.31. The van der Waals surface area contributed by atoms with Crippen molar-refractivity contribution in [3.05, 3.63) is 23.8 Å². The van der Waals surface area contributed by atoms with Gasteiger partial charge in [0.25, 0.3) is 0 Å². The number of carbonyl (C=O) groups excluding carboxylic acids is 2. The number of nitrogens with one attached hydrogen (secondary N) is 1. The van der Waals surface area contributed by atoms with E-state index in [4.69, 9.17) is 5.73 Å². The Morgan fingerprint density at radius 2 is 2.14 bits per heavy atom. The van der Waals surface area contributed by atoms with Crippen LogP contribution >= 0.6 is 11.8 Å². The fourth-order valence-electron chi connectivity index (χ4n) is 1.78. The molecule has 1 aliphatic rings. The average molecular weight is 319 g/mol. The molecule has 3 N–H and O–H groups in total. The van der Waals surface area contributed by atoms with Gasteiger partial charge in [0, 0.05) is 23.7 Å². The van der Waals surface area contributed by atoms with Crippen molar-refractivity contribution in [3.63, 3.8) is 0 Å². The van der Waals surface area contributed by atoms with Gasteiger partial charge in [-0.2, -0.15) is 13.2 Å². The summed E-state index contributed by atoms with van der Waals surface area (Å²) in [6.07, 6.45) is -4.46. The maximum atomic E-state index is 12.5. The summed E-state index contributed by atoms with van der Waals surface area (Å²) in [7, 11) is 0. The first-order chi connectivity index (χ1) is 9.79. The number of halogens is 3. The van der Waals surface area contributed by atoms with Gasteiger partial charge in [0.1, 0.15) is 0 Å². The molecule has 114 valence electrons. The van der Waals surface area contributed by atoms with Gasteiger partial charge >= 0.3 is 12.2 Å². The minimum Gasteiger partial charge on any atom is -0.398 e. The zero-order valence-electron chi connectivity index (χ0n) is 10.7. The van der Waals surface area contributed by atoms with Gasteiger partial charge < -0.3 is 11.1 Å². The van der Waals surface area contributed by atoms with Crippen molar-refractivity contribution in [2.45, 2.75) is 11.1 Å². The van der Waals surface area contributed by atoms with Crippen LogP contribution in [0.3, 0.4) is 0 Å². The van der Waals surface area contributed by atoms with Crippen molar-refractivity contribution in [1.82, 2.24) is 10.2 Å². The summed E-state index contributed by atoms with van der Waals surface area (Å²) < 4.78 is 37.5. The number of nitrogen functional groups attached to an aromatic ring is 1. The lowest BCUT2D eigenvalue weighted by molar-refractivity contribution is -0.137. The highest BCUT2D eigenvalue weighted by Crippen LogP contribution is 2.34. The minimum absolute atomic E-state index is 0.0477. The number of amides is 3. The predicted octanol–water partition coefficient (Wildman–Crippen LogP) is 1.93. The summed E-state index contributed by atoms with van der Waals surface area (Å²) in [6, 6.07) is 2.50. The second kappa shape index (κ2) is 5.84. The monoisotopic (exact) mass is 319 g/mol. The maximum absolute atomic E-state index is 12.5. The van der Waals surface area contributed by atoms with Crippen LogP contribution in [0, 0.1) is 0 Å². The first-order valence-electron chi connectivity index (χ1n) is 5.97. The second-order valence-corrected chi connectivity index (χ2v) is 5.33. The van der Waals surface area contributed by atoms with E-state index in [0.717, 1.165) is 28.8 Å². The smallest absolute Gasteiger partial charge is 0.398 e. The third-order valence-corrected chi connectivity index (χ3v) is 3.92. The van der Waals surface area contributed by atoms with Crippen LogP contribution in [0.1, 0.15) is 5.56 Å². The summed E-state index contributed by atoms with van der Waals surface area (Å²) in [6.45, 7) is 0.693. The first-order valence-corrected chi connectivity index (χ1v) is 6.95. The van der Waals surface area contributed by atoms with Gasteiger partial charge in [-0.25, -0.2) is 4.79 Å². The van der Waals surface area contributed by atoms with E-state index in [1.54, 1.807) is 0 Å². The molecule has 1 aliphatic heterocycles. The average Bonchev–Trinajstić information content (AvgIpc) is 2.82. The number of anilines is 1. The Labute approximate surface area is 122 Å². The van der Waals surface area contributed by atoms with Gasteiger partial charge in [0.15, 0.2) is 0 Å². The molecule has 3 amide bonds. The van der Waals surface area contributed by atoms with Gasteiger partial charge in [0.05, 0.1) is 11.3 Å². The molecule has 2 rings (SSSR count). The van der Waals surface area contributed by atoms with Crippen molar-refractivity contribution >= 4 is 29.4 Å². The predicted molar refractivity (Wildman–Crippen MR) is 71.7 cm³/mol. The highest BCUT2D eigenvalue weighted by molar-refractivity contribution is 8.00. The molecule has 1 saturated heterocycles. The SMILES string of the molecule is Nc1cc(C(F)(F)F)ccc1SCC(=O)N1CCNC1=O. The molecule has 5 nitrogen and oxygen atoms in total. The third-order valence-electron chi connectivity index (χ3n) is 2.85. The van der Waals surface area contributed by atoms with E-state index >= 15 is 0 Å². The third kappa shape index (κ3) is 3.60. The number of alkyl halides is 3. The first kappa shape index (κ1) is 15.5. The van der Waals surface area contributed by atoms with Crippen molar-refractivity contribution in [1.29, 1.82) is 0 Å². The number of nitrogens with zero attached hydrogens (tertiary/aromatic N) is 1. The summed E-state index contributed by atoms with van der Waals surface area (Å²) >= 11 is 1.000. The lowest BCUT2D eigenvalue weighted by atomic mass is 10.2. The zero-order chi connectivity index (χ0) is 15.6. The van der Waals surface area contributed by atoms with Crippen molar-refractivity contribution in [2.24, 2.45) is 0 Å². The molecule has 0 bridgehead atoms. The van der Waals surface area contributed by atoms with Crippen LogP contribution in [0.25, 0.3) is 0 Å². The Morgan fingerprint density at radius 1 is 1.43 bits per heavy atom. The Bertz CT molecular complexity index is 577. The van der Waals surface area contributed by atoms with Crippen LogP contribution in [0.5, 0.6) is 0 Å². The molecule has 0 aliphatic carbocycles. The van der Waals surface area contributed by atoms with Crippen LogP contribution in [-0.2, 0) is 11.0 Å². The van der Waals surface area contributed by atoms with E-state index in [1.807, 2.05) is 0 Å². The van der Waals surface area contributed by atoms with Gasteiger partial charge in [-0.05, 0) is 18.2 Å². The number of hydrogen-bond donors (Lipinski definition) is 2. The van der Waals surface area contributed by atoms with Crippen LogP contribution in [0.15, 0.2) is 23.1 Å². The summed E-state index contributed by atoms with van der Waals surface area (Å²) in [5, 5.41) is 2.49. The minimum atomic E-state index is -4.46. The molecule has 9 heteroatoms. The van der Waals surface area contributed by atoms with E-state index in [1.165, 1.54) is 6.07 Å². The Balaban J connectivity index is 2.00. The number of hydrogen-bond acceptors (Lipinski definition) is 4. The van der Waals surface area contributed by atoms with Gasteiger partial charge in [0.2, 0.25) is 5.91 Å². The maximum Gasteiger partial charge on any atom is 0.416 e. The van der Waals surface area contributed by atoms with E-state index < -0.39 is 23.7 Å². The molecule has 1 aromatic carbocycles. The highest BCUT2D eigenvalue weighted by atomic mass is 32.2. The molecular formula is C12H12F3N3O2S. The number of nitrogens with two attached hydrogens (primary N) is 1. The van der Waals surface area contributed by atoms with Crippen LogP contribution in [0.4, 0.5) is 23.7 Å². The zero-order valence-corrected chi connectivity index (χ0v) is 11.6. The van der Waals surface area contributed by atoms with Crippen LogP contribution in [0.2, 0.25) is 0 Å².